The van der Waals surface area contributed by atoms with Gasteiger partial charge < -0.3 is 10.1 Å². The van der Waals surface area contributed by atoms with Crippen molar-refractivity contribution in [1.29, 1.82) is 0 Å². The minimum absolute atomic E-state index is 0.0605. The van der Waals surface area contributed by atoms with E-state index in [1.165, 1.54) is 0 Å². The highest BCUT2D eigenvalue weighted by Gasteiger charge is 2.23. The summed E-state index contributed by atoms with van der Waals surface area (Å²) >= 11 is 0. The van der Waals surface area contributed by atoms with E-state index in [1.54, 1.807) is 7.11 Å². The molecule has 1 rings (SSSR count). The molecular formula is C15H25NO2. The van der Waals surface area contributed by atoms with Crippen molar-refractivity contribution in [2.75, 3.05) is 13.7 Å². The first-order valence-corrected chi connectivity index (χ1v) is 6.67. The fourth-order valence-corrected chi connectivity index (χ4v) is 2.00. The molecule has 1 aliphatic carbocycles. The average Bonchev–Trinajstić information content (AvgIpc) is 2.36. The Morgan fingerprint density at radius 1 is 1.44 bits per heavy atom. The van der Waals surface area contributed by atoms with Gasteiger partial charge in [-0.1, -0.05) is 39.8 Å². The van der Waals surface area contributed by atoms with Crippen molar-refractivity contribution in [3.63, 3.8) is 0 Å². The first-order chi connectivity index (χ1) is 8.47. The minimum atomic E-state index is 0.0605. The molecule has 0 aromatic heterocycles. The summed E-state index contributed by atoms with van der Waals surface area (Å²) in [6.45, 7) is 8.91. The molecule has 0 saturated carbocycles. The zero-order valence-corrected chi connectivity index (χ0v) is 12.1. The molecule has 3 heteroatoms. The predicted molar refractivity (Wildman–Crippen MR) is 73.9 cm³/mol. The van der Waals surface area contributed by atoms with Crippen molar-refractivity contribution >= 4 is 5.91 Å². The third-order valence-corrected chi connectivity index (χ3v) is 3.87. The zero-order chi connectivity index (χ0) is 13.7. The Balaban J connectivity index is 2.48. The lowest BCUT2D eigenvalue weighted by Gasteiger charge is -2.26. The van der Waals surface area contributed by atoms with Crippen LogP contribution in [0.1, 0.15) is 27.7 Å². The van der Waals surface area contributed by atoms with Gasteiger partial charge in [-0.3, -0.25) is 4.79 Å². The van der Waals surface area contributed by atoms with Crippen LogP contribution < -0.4 is 5.32 Å². The number of allylic oxidation sites excluding steroid dienone is 3. The van der Waals surface area contributed by atoms with Crippen molar-refractivity contribution in [3.8, 4) is 0 Å². The van der Waals surface area contributed by atoms with Gasteiger partial charge in [0.05, 0.1) is 12.9 Å². The largest absolute Gasteiger partial charge is 0.501 e. The number of carbonyl (C=O) groups is 1. The van der Waals surface area contributed by atoms with Crippen LogP contribution >= 0.6 is 0 Å². The van der Waals surface area contributed by atoms with E-state index in [0.717, 1.165) is 5.76 Å². The minimum Gasteiger partial charge on any atom is -0.501 e. The Morgan fingerprint density at radius 2 is 2.11 bits per heavy atom. The van der Waals surface area contributed by atoms with Gasteiger partial charge in [0.25, 0.3) is 0 Å². The summed E-state index contributed by atoms with van der Waals surface area (Å²) in [5, 5.41) is 3.04. The number of rotatable bonds is 5. The average molecular weight is 251 g/mol. The first kappa shape index (κ1) is 14.8. The highest BCUT2D eigenvalue weighted by molar-refractivity contribution is 5.78. The number of methoxy groups -OCH3 is 1. The Hall–Kier alpha value is -1.25. The van der Waals surface area contributed by atoms with E-state index in [4.69, 9.17) is 4.74 Å². The smallest absolute Gasteiger partial charge is 0.223 e. The summed E-state index contributed by atoms with van der Waals surface area (Å²) in [5.74, 6) is 2.18. The van der Waals surface area contributed by atoms with Crippen molar-refractivity contribution in [1.82, 2.24) is 5.32 Å². The van der Waals surface area contributed by atoms with E-state index in [1.807, 2.05) is 19.1 Å². The van der Waals surface area contributed by atoms with Gasteiger partial charge in [0.15, 0.2) is 0 Å². The van der Waals surface area contributed by atoms with Gasteiger partial charge in [-0.25, -0.2) is 0 Å². The molecule has 0 fully saturated rings. The molecule has 0 aromatic rings. The lowest BCUT2D eigenvalue weighted by atomic mass is 9.88. The number of amides is 1. The summed E-state index contributed by atoms with van der Waals surface area (Å²) < 4.78 is 5.32. The van der Waals surface area contributed by atoms with Crippen LogP contribution in [0.2, 0.25) is 0 Å². The van der Waals surface area contributed by atoms with Crippen molar-refractivity contribution in [2.45, 2.75) is 27.7 Å². The molecule has 0 radical (unpaired) electrons. The second-order valence-corrected chi connectivity index (χ2v) is 5.39. The topological polar surface area (TPSA) is 38.3 Å². The van der Waals surface area contributed by atoms with Crippen LogP contribution in [0.3, 0.4) is 0 Å². The van der Waals surface area contributed by atoms with Gasteiger partial charge in [-0.2, -0.15) is 0 Å². The summed E-state index contributed by atoms with van der Waals surface area (Å²) in [5.41, 5.74) is 0. The Labute approximate surface area is 110 Å². The fourth-order valence-electron chi connectivity index (χ4n) is 2.00. The molecule has 3 nitrogen and oxygen atoms in total. The Kier molecular flexibility index (Phi) is 5.45. The molecular weight excluding hydrogens is 226 g/mol. The van der Waals surface area contributed by atoms with E-state index >= 15 is 0 Å². The summed E-state index contributed by atoms with van der Waals surface area (Å²) in [4.78, 5) is 11.9. The maximum absolute atomic E-state index is 11.9. The number of hydrogen-bond donors (Lipinski definition) is 1. The van der Waals surface area contributed by atoms with Gasteiger partial charge in [0.2, 0.25) is 5.91 Å². The highest BCUT2D eigenvalue weighted by Crippen LogP contribution is 2.25. The molecule has 0 spiro atoms. The normalized spacial score (nSPS) is 24.7. The second kappa shape index (κ2) is 6.62. The zero-order valence-electron chi connectivity index (χ0n) is 12.1. The quantitative estimate of drug-likeness (QED) is 0.816. The van der Waals surface area contributed by atoms with Crippen LogP contribution in [0.5, 0.6) is 0 Å². The lowest BCUT2D eigenvalue weighted by Crippen LogP contribution is -2.37. The Morgan fingerprint density at radius 3 is 2.67 bits per heavy atom. The number of hydrogen-bond acceptors (Lipinski definition) is 2. The van der Waals surface area contributed by atoms with Gasteiger partial charge >= 0.3 is 0 Å². The fraction of sp³-hybridized carbons (Fsp3) is 0.667. The molecule has 0 bridgehead atoms. The summed E-state index contributed by atoms with van der Waals surface area (Å²) in [6, 6.07) is 0. The molecule has 0 aromatic carbocycles. The maximum Gasteiger partial charge on any atom is 0.223 e. The molecule has 0 saturated heterocycles. The van der Waals surface area contributed by atoms with Crippen LogP contribution in [-0.4, -0.2) is 19.6 Å². The van der Waals surface area contributed by atoms with E-state index in [0.29, 0.717) is 24.3 Å². The molecule has 1 N–H and O–H groups in total. The van der Waals surface area contributed by atoms with E-state index in [9.17, 15) is 4.79 Å². The molecule has 0 heterocycles. The number of ether oxygens (including phenoxy) is 1. The molecule has 3 unspecified atom stereocenters. The van der Waals surface area contributed by atoms with Crippen molar-refractivity contribution < 1.29 is 9.53 Å². The van der Waals surface area contributed by atoms with E-state index in [-0.39, 0.29) is 11.8 Å². The molecule has 18 heavy (non-hydrogen) atoms. The van der Waals surface area contributed by atoms with Crippen LogP contribution in [0, 0.1) is 23.7 Å². The van der Waals surface area contributed by atoms with Crippen molar-refractivity contribution in [2.24, 2.45) is 23.7 Å². The standard InChI is InChI=1S/C15H25NO2/c1-10(2)11(3)15(17)16-9-13-7-6-8-14(18-5)12(13)4/h6-8,10-13H,9H2,1-5H3,(H,16,17). The van der Waals surface area contributed by atoms with E-state index in [2.05, 4.69) is 32.2 Å². The molecule has 102 valence electrons. The molecule has 0 aliphatic heterocycles. The Bertz CT molecular complexity index is 344. The summed E-state index contributed by atoms with van der Waals surface area (Å²) in [7, 11) is 1.69. The first-order valence-electron chi connectivity index (χ1n) is 6.67. The van der Waals surface area contributed by atoms with E-state index < -0.39 is 0 Å². The third-order valence-electron chi connectivity index (χ3n) is 3.87. The number of nitrogens with one attached hydrogen (secondary N) is 1. The monoisotopic (exact) mass is 251 g/mol. The highest BCUT2D eigenvalue weighted by atomic mass is 16.5. The lowest BCUT2D eigenvalue weighted by molar-refractivity contribution is -0.125. The van der Waals surface area contributed by atoms with Crippen LogP contribution in [0.25, 0.3) is 0 Å². The SMILES string of the molecule is COC1=CC=CC(CNC(=O)C(C)C(C)C)C1C. The molecule has 3 atom stereocenters. The number of carbonyl (C=O) groups excluding carboxylic acids is 1. The molecule has 1 aliphatic rings. The van der Waals surface area contributed by atoms with Gasteiger partial charge in [0, 0.05) is 24.3 Å². The summed E-state index contributed by atoms with van der Waals surface area (Å²) in [6.07, 6.45) is 6.12. The van der Waals surface area contributed by atoms with Gasteiger partial charge in [0.1, 0.15) is 0 Å². The molecule has 1 amide bonds. The predicted octanol–water partition coefficient (Wildman–Crippen LogP) is 2.75. The van der Waals surface area contributed by atoms with Crippen LogP contribution in [-0.2, 0) is 9.53 Å². The van der Waals surface area contributed by atoms with Crippen LogP contribution in [0.4, 0.5) is 0 Å². The van der Waals surface area contributed by atoms with Gasteiger partial charge in [-0.05, 0) is 12.0 Å². The van der Waals surface area contributed by atoms with Crippen molar-refractivity contribution in [3.05, 3.63) is 24.0 Å². The van der Waals surface area contributed by atoms with Gasteiger partial charge in [-0.15, -0.1) is 0 Å². The third kappa shape index (κ3) is 3.62. The van der Waals surface area contributed by atoms with Crippen LogP contribution in [0.15, 0.2) is 24.0 Å². The second-order valence-electron chi connectivity index (χ2n) is 5.39. The maximum atomic E-state index is 11.9.